The number of phenols is 1. The van der Waals surface area contributed by atoms with Gasteiger partial charge in [-0.25, -0.2) is 4.98 Å². The lowest BCUT2D eigenvalue weighted by molar-refractivity contribution is 0.480. The highest BCUT2D eigenvalue weighted by Gasteiger charge is 2.15. The monoisotopic (exact) mass is 318 g/mol. The van der Waals surface area contributed by atoms with Gasteiger partial charge in [0.2, 0.25) is 0 Å². The van der Waals surface area contributed by atoms with E-state index >= 15 is 0 Å². The molecule has 0 aliphatic heterocycles. The Morgan fingerprint density at radius 2 is 1.86 bits per heavy atom. The number of fused-ring (bicyclic) bond motifs is 1. The van der Waals surface area contributed by atoms with Gasteiger partial charge in [0.1, 0.15) is 5.52 Å². The van der Waals surface area contributed by atoms with E-state index in [4.69, 9.17) is 23.2 Å². The molecule has 2 heterocycles. The van der Waals surface area contributed by atoms with Crippen LogP contribution in [0.3, 0.4) is 0 Å². The number of pyridine rings is 2. The maximum absolute atomic E-state index is 10.1. The van der Waals surface area contributed by atoms with Crippen molar-refractivity contribution in [3.63, 3.8) is 0 Å². The van der Waals surface area contributed by atoms with Crippen LogP contribution >= 0.6 is 23.2 Å². The van der Waals surface area contributed by atoms with Crippen molar-refractivity contribution in [1.82, 2.24) is 9.97 Å². The second-order valence-electron chi connectivity index (χ2n) is 4.80. The van der Waals surface area contributed by atoms with Crippen LogP contribution in [0.25, 0.3) is 10.9 Å². The molecule has 21 heavy (non-hydrogen) atoms. The van der Waals surface area contributed by atoms with E-state index in [1.54, 1.807) is 6.20 Å². The Balaban J connectivity index is 2.15. The minimum atomic E-state index is -0.0499. The summed E-state index contributed by atoms with van der Waals surface area (Å²) in [4.78, 5) is 8.85. The summed E-state index contributed by atoms with van der Waals surface area (Å²) in [5.41, 5.74) is 2.12. The molecule has 0 saturated carbocycles. The minimum absolute atomic E-state index is 0.00718. The molecule has 1 N–H and O–H groups in total. The van der Waals surface area contributed by atoms with E-state index in [9.17, 15) is 5.11 Å². The van der Waals surface area contributed by atoms with Gasteiger partial charge in [0.25, 0.3) is 0 Å². The number of aromatic hydroxyl groups is 1. The van der Waals surface area contributed by atoms with Crippen LogP contribution in [0.1, 0.15) is 24.2 Å². The third-order valence-corrected chi connectivity index (χ3v) is 4.05. The van der Waals surface area contributed by atoms with E-state index in [0.29, 0.717) is 15.9 Å². The summed E-state index contributed by atoms with van der Waals surface area (Å²) in [7, 11) is 0. The van der Waals surface area contributed by atoms with E-state index in [2.05, 4.69) is 9.97 Å². The van der Waals surface area contributed by atoms with Crippen molar-refractivity contribution in [3.05, 3.63) is 64.0 Å². The zero-order chi connectivity index (χ0) is 15.0. The molecule has 0 saturated heterocycles. The number of benzene rings is 1. The van der Waals surface area contributed by atoms with Crippen LogP contribution in [0.5, 0.6) is 5.75 Å². The Bertz CT molecular complexity index is 806. The summed E-state index contributed by atoms with van der Waals surface area (Å²) in [5.74, 6) is -0.0427. The van der Waals surface area contributed by atoms with Crippen LogP contribution < -0.4 is 0 Å². The highest BCUT2D eigenvalue weighted by Crippen LogP contribution is 2.37. The summed E-state index contributed by atoms with van der Waals surface area (Å²) in [6.45, 7) is 2.01. The predicted octanol–water partition coefficient (Wildman–Crippen LogP) is 4.79. The van der Waals surface area contributed by atoms with E-state index in [1.807, 2.05) is 37.3 Å². The van der Waals surface area contributed by atoms with Crippen molar-refractivity contribution >= 4 is 34.1 Å². The first kappa shape index (κ1) is 14.1. The predicted molar refractivity (Wildman–Crippen MR) is 85.2 cm³/mol. The molecule has 2 aromatic heterocycles. The maximum atomic E-state index is 10.1. The Hall–Kier alpha value is -1.84. The van der Waals surface area contributed by atoms with Gasteiger partial charge >= 0.3 is 0 Å². The molecular formula is C16H12Cl2N2O. The zero-order valence-corrected chi connectivity index (χ0v) is 12.7. The molecule has 0 amide bonds. The molecule has 1 aromatic carbocycles. The first-order chi connectivity index (χ1) is 10.1. The van der Waals surface area contributed by atoms with Gasteiger partial charge in [-0.2, -0.15) is 0 Å². The quantitative estimate of drug-likeness (QED) is 0.738. The number of aromatic nitrogens is 2. The van der Waals surface area contributed by atoms with Crippen LogP contribution in [0.15, 0.2) is 42.6 Å². The summed E-state index contributed by atoms with van der Waals surface area (Å²) in [6, 6.07) is 11.0. The Morgan fingerprint density at radius 1 is 1.05 bits per heavy atom. The first-order valence-electron chi connectivity index (χ1n) is 6.46. The van der Waals surface area contributed by atoms with E-state index in [1.165, 1.54) is 6.07 Å². The van der Waals surface area contributed by atoms with Crippen molar-refractivity contribution in [2.45, 2.75) is 12.8 Å². The first-order valence-corrected chi connectivity index (χ1v) is 7.22. The fourth-order valence-electron chi connectivity index (χ4n) is 2.24. The third kappa shape index (κ3) is 2.55. The third-order valence-electron chi connectivity index (χ3n) is 3.45. The second-order valence-corrected chi connectivity index (χ2v) is 5.61. The summed E-state index contributed by atoms with van der Waals surface area (Å²) in [6.07, 6.45) is 1.75. The highest BCUT2D eigenvalue weighted by molar-refractivity contribution is 6.39. The Morgan fingerprint density at radius 3 is 2.57 bits per heavy atom. The van der Waals surface area contributed by atoms with Crippen LogP contribution in [0.4, 0.5) is 0 Å². The average Bonchev–Trinajstić information content (AvgIpc) is 2.52. The molecule has 0 fully saturated rings. The van der Waals surface area contributed by atoms with Gasteiger partial charge in [-0.15, -0.1) is 0 Å². The van der Waals surface area contributed by atoms with Gasteiger partial charge in [0, 0.05) is 23.2 Å². The van der Waals surface area contributed by atoms with Crippen LogP contribution in [0.2, 0.25) is 10.0 Å². The number of halogens is 2. The second kappa shape index (κ2) is 5.51. The number of phenolic OH excluding ortho intramolecular Hbond substituents is 1. The SMILES string of the molecule is CC(c1ccccn1)c1ccc2c(Cl)cc(Cl)c(O)c2n1. The van der Waals surface area contributed by atoms with Crippen LogP contribution in [-0.4, -0.2) is 15.1 Å². The highest BCUT2D eigenvalue weighted by atomic mass is 35.5. The van der Waals surface area contributed by atoms with Crippen molar-refractivity contribution in [2.75, 3.05) is 0 Å². The van der Waals surface area contributed by atoms with Gasteiger partial charge < -0.3 is 5.11 Å². The standard InChI is InChI=1S/C16H12Cl2N2O/c1-9(13-4-2-3-7-19-13)14-6-5-10-11(17)8-12(18)16(21)15(10)20-14/h2-9,21H,1H3. The minimum Gasteiger partial charge on any atom is -0.504 e. The van der Waals surface area contributed by atoms with Gasteiger partial charge in [-0.1, -0.05) is 36.2 Å². The molecule has 0 bridgehead atoms. The molecule has 1 unspecified atom stereocenters. The van der Waals surface area contributed by atoms with Gasteiger partial charge in [0.05, 0.1) is 15.7 Å². The van der Waals surface area contributed by atoms with Gasteiger partial charge in [-0.05, 0) is 30.3 Å². The van der Waals surface area contributed by atoms with Crippen molar-refractivity contribution in [3.8, 4) is 5.75 Å². The fraction of sp³-hybridized carbons (Fsp3) is 0.125. The lowest BCUT2D eigenvalue weighted by Crippen LogP contribution is -2.01. The lowest BCUT2D eigenvalue weighted by atomic mass is 10.0. The van der Waals surface area contributed by atoms with Crippen LogP contribution in [0, 0.1) is 0 Å². The van der Waals surface area contributed by atoms with E-state index < -0.39 is 0 Å². The Kier molecular flexibility index (Phi) is 3.70. The molecule has 3 aromatic rings. The van der Waals surface area contributed by atoms with Crippen LogP contribution in [-0.2, 0) is 0 Å². The largest absolute Gasteiger partial charge is 0.504 e. The molecule has 3 nitrogen and oxygen atoms in total. The smallest absolute Gasteiger partial charge is 0.160 e. The molecule has 3 rings (SSSR count). The van der Waals surface area contributed by atoms with E-state index in [-0.39, 0.29) is 16.7 Å². The summed E-state index contributed by atoms with van der Waals surface area (Å²) >= 11 is 12.1. The fourth-order valence-corrected chi connectivity index (χ4v) is 2.76. The maximum Gasteiger partial charge on any atom is 0.160 e. The number of hydrogen-bond acceptors (Lipinski definition) is 3. The molecule has 0 spiro atoms. The molecule has 0 radical (unpaired) electrons. The Labute approximate surface area is 132 Å². The topological polar surface area (TPSA) is 46.0 Å². The molecule has 0 aliphatic rings. The number of hydrogen-bond donors (Lipinski definition) is 1. The summed E-state index contributed by atoms with van der Waals surface area (Å²) in [5, 5.41) is 11.4. The van der Waals surface area contributed by atoms with Crippen molar-refractivity contribution in [2.24, 2.45) is 0 Å². The molecule has 1 atom stereocenters. The zero-order valence-electron chi connectivity index (χ0n) is 11.2. The number of nitrogens with zero attached hydrogens (tertiary/aromatic N) is 2. The normalized spacial score (nSPS) is 12.5. The molecule has 5 heteroatoms. The van der Waals surface area contributed by atoms with Crippen molar-refractivity contribution < 1.29 is 5.11 Å². The summed E-state index contributed by atoms with van der Waals surface area (Å²) < 4.78 is 0. The average molecular weight is 319 g/mol. The molecule has 106 valence electrons. The van der Waals surface area contributed by atoms with Crippen molar-refractivity contribution in [1.29, 1.82) is 0 Å². The number of rotatable bonds is 2. The van der Waals surface area contributed by atoms with E-state index in [0.717, 1.165) is 11.4 Å². The lowest BCUT2D eigenvalue weighted by Gasteiger charge is -2.12. The van der Waals surface area contributed by atoms with Gasteiger partial charge in [0.15, 0.2) is 5.75 Å². The molecular weight excluding hydrogens is 307 g/mol. The van der Waals surface area contributed by atoms with Gasteiger partial charge in [-0.3, -0.25) is 4.98 Å². The molecule has 0 aliphatic carbocycles.